The first-order valence-corrected chi connectivity index (χ1v) is 6.32. The van der Waals surface area contributed by atoms with E-state index >= 15 is 0 Å². The Morgan fingerprint density at radius 1 is 1.30 bits per heavy atom. The van der Waals surface area contributed by atoms with Crippen molar-refractivity contribution in [3.63, 3.8) is 0 Å². The van der Waals surface area contributed by atoms with Crippen LogP contribution in [0.1, 0.15) is 24.2 Å². The number of carbonyl (C=O) groups is 1. The highest BCUT2D eigenvalue weighted by Crippen LogP contribution is 2.22. The van der Waals surface area contributed by atoms with E-state index in [1.807, 2.05) is 38.1 Å². The lowest BCUT2D eigenvalue weighted by atomic mass is 10.1. The van der Waals surface area contributed by atoms with Crippen LogP contribution in [0.4, 0.5) is 0 Å². The highest BCUT2D eigenvalue weighted by atomic mass is 16.5. The van der Waals surface area contributed by atoms with Crippen molar-refractivity contribution in [3.05, 3.63) is 46.2 Å². The Bertz CT molecular complexity index is 690. The number of rotatable bonds is 4. The van der Waals surface area contributed by atoms with Gasteiger partial charge in [-0.25, -0.2) is 4.68 Å². The minimum absolute atomic E-state index is 0.0730. The zero-order valence-electron chi connectivity index (χ0n) is 11.7. The molecule has 0 atom stereocenters. The molecular formula is C15H16N2O3. The van der Waals surface area contributed by atoms with Crippen LogP contribution in [0, 0.1) is 0 Å². The van der Waals surface area contributed by atoms with Crippen LogP contribution in [0.3, 0.4) is 0 Å². The van der Waals surface area contributed by atoms with E-state index in [1.165, 1.54) is 13.1 Å². The van der Waals surface area contributed by atoms with Gasteiger partial charge in [-0.1, -0.05) is 12.1 Å². The highest BCUT2D eigenvalue weighted by molar-refractivity contribution is 5.77. The Morgan fingerprint density at radius 2 is 2.05 bits per heavy atom. The normalized spacial score (nSPS) is 10.6. The quantitative estimate of drug-likeness (QED) is 0.799. The first-order chi connectivity index (χ1) is 9.51. The lowest BCUT2D eigenvalue weighted by Crippen LogP contribution is -2.23. The van der Waals surface area contributed by atoms with E-state index in [1.54, 1.807) is 0 Å². The monoisotopic (exact) mass is 272 g/mol. The number of ether oxygens (including phenoxy) is 1. The summed E-state index contributed by atoms with van der Waals surface area (Å²) in [4.78, 5) is 22.5. The summed E-state index contributed by atoms with van der Waals surface area (Å²) in [6.07, 6.45) is 0.617. The van der Waals surface area contributed by atoms with Crippen molar-refractivity contribution in [2.75, 3.05) is 0 Å². The molecule has 1 aromatic heterocycles. The third-order valence-corrected chi connectivity index (χ3v) is 2.72. The first kappa shape index (κ1) is 14.0. The predicted octanol–water partition coefficient (Wildman–Crippen LogP) is 2.05. The molecule has 0 aliphatic rings. The average Bonchev–Trinajstić information content (AvgIpc) is 2.41. The first-order valence-electron chi connectivity index (χ1n) is 6.32. The molecule has 0 unspecified atom stereocenters. The van der Waals surface area contributed by atoms with Gasteiger partial charge in [0.2, 0.25) is 0 Å². The van der Waals surface area contributed by atoms with Crippen molar-refractivity contribution in [2.45, 2.75) is 20.0 Å². The molecule has 0 amide bonds. The van der Waals surface area contributed by atoms with E-state index in [4.69, 9.17) is 4.74 Å². The molecule has 104 valence electrons. The number of hydrogen-bond donors (Lipinski definition) is 0. The van der Waals surface area contributed by atoms with Crippen molar-refractivity contribution in [2.24, 2.45) is 7.05 Å². The summed E-state index contributed by atoms with van der Waals surface area (Å²) in [6, 6.07) is 8.88. The molecule has 0 bridgehead atoms. The molecule has 0 saturated heterocycles. The molecule has 0 fully saturated rings. The van der Waals surface area contributed by atoms with Gasteiger partial charge in [0.25, 0.3) is 5.56 Å². The van der Waals surface area contributed by atoms with Gasteiger partial charge >= 0.3 is 0 Å². The average molecular weight is 272 g/mol. The van der Waals surface area contributed by atoms with E-state index in [9.17, 15) is 9.59 Å². The molecule has 5 heteroatoms. The fourth-order valence-electron chi connectivity index (χ4n) is 1.86. The molecule has 0 aliphatic heterocycles. The van der Waals surface area contributed by atoms with Gasteiger partial charge in [-0.2, -0.15) is 5.10 Å². The summed E-state index contributed by atoms with van der Waals surface area (Å²) in [5.41, 5.74) is 1.04. The van der Waals surface area contributed by atoms with Crippen molar-refractivity contribution < 1.29 is 9.53 Å². The summed E-state index contributed by atoms with van der Waals surface area (Å²) < 4.78 is 6.78. The minimum Gasteiger partial charge on any atom is -0.491 e. The SMILES string of the molecule is CC(C)Oc1cccc(-c2cc(C=O)c(=O)n(C)n2)c1. The Morgan fingerprint density at radius 3 is 2.70 bits per heavy atom. The van der Waals surface area contributed by atoms with Crippen molar-refractivity contribution in [1.29, 1.82) is 0 Å². The van der Waals surface area contributed by atoms with Crippen LogP contribution >= 0.6 is 0 Å². The fourth-order valence-corrected chi connectivity index (χ4v) is 1.86. The largest absolute Gasteiger partial charge is 0.491 e. The number of aromatic nitrogens is 2. The number of aryl methyl sites for hydroxylation is 1. The minimum atomic E-state index is -0.404. The molecule has 1 aromatic carbocycles. The predicted molar refractivity (Wildman–Crippen MR) is 76.1 cm³/mol. The molecule has 2 rings (SSSR count). The second-order valence-corrected chi connectivity index (χ2v) is 4.73. The number of hydrogen-bond acceptors (Lipinski definition) is 4. The summed E-state index contributed by atoms with van der Waals surface area (Å²) in [5.74, 6) is 0.723. The fraction of sp³-hybridized carbons (Fsp3) is 0.267. The Kier molecular flexibility index (Phi) is 3.98. The molecular weight excluding hydrogens is 256 g/mol. The van der Waals surface area contributed by atoms with Crippen LogP contribution < -0.4 is 10.3 Å². The topological polar surface area (TPSA) is 61.2 Å². The van der Waals surface area contributed by atoms with Gasteiger partial charge in [-0.3, -0.25) is 9.59 Å². The molecule has 2 aromatic rings. The maximum atomic E-state index is 11.6. The summed E-state index contributed by atoms with van der Waals surface area (Å²) >= 11 is 0. The van der Waals surface area contributed by atoms with Crippen molar-refractivity contribution in [1.82, 2.24) is 9.78 Å². The standard InChI is InChI=1S/C15H16N2O3/c1-10(2)20-13-6-4-5-11(7-13)14-8-12(9-18)15(19)17(3)16-14/h4-10H,1-3H3. The van der Waals surface area contributed by atoms with Gasteiger partial charge in [-0.05, 0) is 32.0 Å². The van der Waals surface area contributed by atoms with E-state index in [-0.39, 0.29) is 11.7 Å². The Labute approximate surface area is 116 Å². The number of aldehydes is 1. The maximum absolute atomic E-state index is 11.6. The van der Waals surface area contributed by atoms with Gasteiger partial charge in [0.05, 0.1) is 17.4 Å². The van der Waals surface area contributed by atoms with E-state index in [2.05, 4.69) is 5.10 Å². The van der Waals surface area contributed by atoms with Crippen molar-refractivity contribution >= 4 is 6.29 Å². The van der Waals surface area contributed by atoms with Gasteiger partial charge < -0.3 is 4.74 Å². The molecule has 20 heavy (non-hydrogen) atoms. The molecule has 0 saturated carbocycles. The summed E-state index contributed by atoms with van der Waals surface area (Å²) in [5, 5.41) is 4.16. The molecule has 5 nitrogen and oxygen atoms in total. The van der Waals surface area contributed by atoms with Crippen LogP contribution in [-0.4, -0.2) is 22.2 Å². The van der Waals surface area contributed by atoms with Gasteiger partial charge in [0, 0.05) is 12.6 Å². The zero-order chi connectivity index (χ0) is 14.7. The number of nitrogens with zero attached hydrogens (tertiary/aromatic N) is 2. The molecule has 0 spiro atoms. The van der Waals surface area contributed by atoms with Crippen LogP contribution in [0.2, 0.25) is 0 Å². The molecule has 1 heterocycles. The lowest BCUT2D eigenvalue weighted by Gasteiger charge is -2.11. The second kappa shape index (κ2) is 5.69. The highest BCUT2D eigenvalue weighted by Gasteiger charge is 2.08. The molecule has 0 radical (unpaired) electrons. The van der Waals surface area contributed by atoms with Crippen LogP contribution in [0.5, 0.6) is 5.75 Å². The summed E-state index contributed by atoms with van der Waals surface area (Å²) in [6.45, 7) is 3.89. The maximum Gasteiger partial charge on any atom is 0.277 e. The Balaban J connectivity index is 2.49. The lowest BCUT2D eigenvalue weighted by molar-refractivity contribution is 0.112. The Hall–Kier alpha value is -2.43. The smallest absolute Gasteiger partial charge is 0.277 e. The van der Waals surface area contributed by atoms with E-state index in [0.29, 0.717) is 12.0 Å². The van der Waals surface area contributed by atoms with Gasteiger partial charge in [0.15, 0.2) is 6.29 Å². The van der Waals surface area contributed by atoms with Crippen molar-refractivity contribution in [3.8, 4) is 17.0 Å². The van der Waals surface area contributed by atoms with E-state index in [0.717, 1.165) is 16.0 Å². The number of benzene rings is 1. The third-order valence-electron chi connectivity index (χ3n) is 2.72. The van der Waals surface area contributed by atoms with Crippen LogP contribution in [-0.2, 0) is 7.05 Å². The summed E-state index contributed by atoms with van der Waals surface area (Å²) in [7, 11) is 1.52. The van der Waals surface area contributed by atoms with Crippen LogP contribution in [0.25, 0.3) is 11.3 Å². The number of carbonyl (C=O) groups excluding carboxylic acids is 1. The third kappa shape index (κ3) is 2.93. The van der Waals surface area contributed by atoms with Gasteiger partial charge in [-0.15, -0.1) is 0 Å². The molecule has 0 N–H and O–H groups in total. The van der Waals surface area contributed by atoms with Gasteiger partial charge in [0.1, 0.15) is 5.75 Å². The van der Waals surface area contributed by atoms with E-state index < -0.39 is 5.56 Å². The van der Waals surface area contributed by atoms with Crippen LogP contribution in [0.15, 0.2) is 35.1 Å². The second-order valence-electron chi connectivity index (χ2n) is 4.73. The zero-order valence-corrected chi connectivity index (χ0v) is 11.7. The molecule has 0 aliphatic carbocycles.